The Bertz CT molecular complexity index is 383. The maximum atomic E-state index is 13.5. The van der Waals surface area contributed by atoms with Crippen LogP contribution in [-0.2, 0) is 6.18 Å². The third-order valence-electron chi connectivity index (χ3n) is 2.86. The first-order valence-corrected chi connectivity index (χ1v) is 5.20. The Morgan fingerprint density at radius 3 is 1.65 bits per heavy atom. The van der Waals surface area contributed by atoms with Gasteiger partial charge in [0.05, 0.1) is 5.56 Å². The minimum atomic E-state index is -4.73. The van der Waals surface area contributed by atoms with E-state index in [0.717, 1.165) is 0 Å². The van der Waals surface area contributed by atoms with Crippen molar-refractivity contribution in [3.8, 4) is 0 Å². The van der Waals surface area contributed by atoms with Crippen molar-refractivity contribution >= 4 is 0 Å². The number of hydrogen-bond donors (Lipinski definition) is 0. The molecule has 0 N–H and O–H groups in total. The van der Waals surface area contributed by atoms with Gasteiger partial charge in [-0.3, -0.25) is 0 Å². The monoisotopic (exact) mass is 252 g/mol. The molecular weight excluding hydrogens is 239 g/mol. The molecule has 0 fully saturated rings. The quantitative estimate of drug-likeness (QED) is 0.667. The number of alkyl halides is 3. The summed E-state index contributed by atoms with van der Waals surface area (Å²) in [7, 11) is 0. The van der Waals surface area contributed by atoms with E-state index in [2.05, 4.69) is 0 Å². The molecule has 0 heterocycles. The first kappa shape index (κ1) is 13.9. The Hall–Kier alpha value is -1.13. The van der Waals surface area contributed by atoms with Gasteiger partial charge >= 0.3 is 6.18 Å². The van der Waals surface area contributed by atoms with Crippen LogP contribution in [0.15, 0.2) is 12.1 Å². The third kappa shape index (κ3) is 2.96. The molecule has 96 valence electrons. The van der Waals surface area contributed by atoms with Crippen LogP contribution >= 0.6 is 0 Å². The average molecular weight is 252 g/mol. The van der Waals surface area contributed by atoms with Crippen LogP contribution in [0.2, 0.25) is 0 Å². The van der Waals surface area contributed by atoms with Gasteiger partial charge in [0.25, 0.3) is 0 Å². The smallest absolute Gasteiger partial charge is 0.207 e. The fourth-order valence-corrected chi connectivity index (χ4v) is 1.52. The summed E-state index contributed by atoms with van der Waals surface area (Å²) in [6.07, 6.45) is -4.73. The molecule has 5 heteroatoms. The van der Waals surface area contributed by atoms with Gasteiger partial charge in [0.1, 0.15) is 11.6 Å². The summed E-state index contributed by atoms with van der Waals surface area (Å²) in [6, 6.07) is 0.689. The normalized spacial score (nSPS) is 14.2. The molecule has 0 aliphatic rings. The molecule has 17 heavy (non-hydrogen) atoms. The van der Waals surface area contributed by atoms with E-state index in [4.69, 9.17) is 0 Å². The van der Waals surface area contributed by atoms with Gasteiger partial charge in [-0.05, 0) is 24.0 Å². The highest BCUT2D eigenvalue weighted by Crippen LogP contribution is 2.35. The van der Waals surface area contributed by atoms with E-state index in [1.807, 2.05) is 0 Å². The summed E-state index contributed by atoms with van der Waals surface area (Å²) >= 11 is 0. The number of benzene rings is 1. The van der Waals surface area contributed by atoms with Crippen molar-refractivity contribution in [2.45, 2.75) is 32.9 Å². The Labute approximate surface area is 96.4 Å². The molecule has 1 unspecified atom stereocenters. The highest BCUT2D eigenvalue weighted by atomic mass is 19.4. The van der Waals surface area contributed by atoms with Crippen molar-refractivity contribution in [3.05, 3.63) is 34.9 Å². The molecule has 1 aromatic rings. The zero-order valence-corrected chi connectivity index (χ0v) is 9.70. The lowest BCUT2D eigenvalue weighted by atomic mass is 9.89. The van der Waals surface area contributed by atoms with E-state index >= 15 is 0 Å². The molecule has 0 radical (unpaired) electrons. The van der Waals surface area contributed by atoms with E-state index in [0.29, 0.717) is 12.1 Å². The summed E-state index contributed by atoms with van der Waals surface area (Å²) in [5.41, 5.74) is -1.58. The van der Waals surface area contributed by atoms with Gasteiger partial charge in [-0.25, -0.2) is 8.78 Å². The lowest BCUT2D eigenvalue weighted by Gasteiger charge is -2.18. The van der Waals surface area contributed by atoms with Crippen molar-refractivity contribution in [2.75, 3.05) is 0 Å². The zero-order chi connectivity index (χ0) is 13.4. The van der Waals surface area contributed by atoms with Crippen molar-refractivity contribution in [2.24, 2.45) is 5.92 Å². The van der Waals surface area contributed by atoms with Crippen LogP contribution in [-0.4, -0.2) is 0 Å². The van der Waals surface area contributed by atoms with Gasteiger partial charge in [0.15, 0.2) is 0 Å². The van der Waals surface area contributed by atoms with Gasteiger partial charge in [0.2, 0.25) is 0 Å². The van der Waals surface area contributed by atoms with E-state index < -0.39 is 29.3 Å². The number of halogens is 5. The van der Waals surface area contributed by atoms with E-state index in [9.17, 15) is 22.0 Å². The van der Waals surface area contributed by atoms with Crippen LogP contribution in [0.4, 0.5) is 22.0 Å². The first-order valence-electron chi connectivity index (χ1n) is 5.20. The Balaban J connectivity index is 3.29. The first-order chi connectivity index (χ1) is 7.64. The van der Waals surface area contributed by atoms with Crippen LogP contribution in [0, 0.1) is 17.6 Å². The molecular formula is C12H13F5. The highest BCUT2D eigenvalue weighted by Gasteiger charge is 2.33. The van der Waals surface area contributed by atoms with Gasteiger partial charge in [-0.2, -0.15) is 13.2 Å². The molecule has 0 aliphatic heterocycles. The lowest BCUT2D eigenvalue weighted by Crippen LogP contribution is -2.12. The van der Waals surface area contributed by atoms with Crippen LogP contribution in [0.25, 0.3) is 0 Å². The van der Waals surface area contributed by atoms with E-state index in [1.165, 1.54) is 0 Å². The molecule has 1 aromatic carbocycles. The van der Waals surface area contributed by atoms with Gasteiger partial charge in [-0.15, -0.1) is 0 Å². The molecule has 0 bridgehead atoms. The SMILES string of the molecule is CC(C)C(C)c1c(F)cc(C(F)(F)F)cc1F. The van der Waals surface area contributed by atoms with Crippen LogP contribution in [0.3, 0.4) is 0 Å². The molecule has 0 saturated carbocycles. The van der Waals surface area contributed by atoms with Crippen molar-refractivity contribution in [1.29, 1.82) is 0 Å². The second kappa shape index (κ2) is 4.63. The molecule has 0 saturated heterocycles. The van der Waals surface area contributed by atoms with Crippen molar-refractivity contribution in [3.63, 3.8) is 0 Å². The van der Waals surface area contributed by atoms with Crippen LogP contribution in [0.5, 0.6) is 0 Å². The Morgan fingerprint density at radius 2 is 1.35 bits per heavy atom. The second-order valence-corrected chi connectivity index (χ2v) is 4.38. The van der Waals surface area contributed by atoms with E-state index in [-0.39, 0.29) is 11.5 Å². The fourth-order valence-electron chi connectivity index (χ4n) is 1.52. The Morgan fingerprint density at radius 1 is 0.941 bits per heavy atom. The minimum absolute atomic E-state index is 0.0595. The summed E-state index contributed by atoms with van der Waals surface area (Å²) < 4.78 is 63.9. The van der Waals surface area contributed by atoms with Gasteiger partial charge in [-0.1, -0.05) is 20.8 Å². The highest BCUT2D eigenvalue weighted by molar-refractivity contribution is 5.30. The summed E-state index contributed by atoms with van der Waals surface area (Å²) in [5, 5.41) is 0. The largest absolute Gasteiger partial charge is 0.416 e. The van der Waals surface area contributed by atoms with Crippen molar-refractivity contribution < 1.29 is 22.0 Å². The molecule has 1 atom stereocenters. The molecule has 0 aromatic heterocycles. The summed E-state index contributed by atoms with van der Waals surface area (Å²) in [6.45, 7) is 5.09. The number of hydrogen-bond acceptors (Lipinski definition) is 0. The molecule has 0 aliphatic carbocycles. The summed E-state index contributed by atoms with van der Waals surface area (Å²) in [5.74, 6) is -2.81. The van der Waals surface area contributed by atoms with Crippen molar-refractivity contribution in [1.82, 2.24) is 0 Å². The topological polar surface area (TPSA) is 0 Å². The fraction of sp³-hybridized carbons (Fsp3) is 0.500. The third-order valence-corrected chi connectivity index (χ3v) is 2.86. The minimum Gasteiger partial charge on any atom is -0.207 e. The predicted molar refractivity (Wildman–Crippen MR) is 54.6 cm³/mol. The standard InChI is InChI=1S/C12H13F5/c1-6(2)7(3)11-9(13)4-8(5-10(11)14)12(15,16)17/h4-7H,1-3H3. The average Bonchev–Trinajstić information content (AvgIpc) is 2.14. The predicted octanol–water partition coefficient (Wildman–Crippen LogP) is 4.74. The lowest BCUT2D eigenvalue weighted by molar-refractivity contribution is -0.138. The number of rotatable bonds is 2. The Kier molecular flexibility index (Phi) is 3.79. The van der Waals surface area contributed by atoms with E-state index in [1.54, 1.807) is 20.8 Å². The molecule has 0 nitrogen and oxygen atoms in total. The van der Waals surface area contributed by atoms with Gasteiger partial charge < -0.3 is 0 Å². The maximum absolute atomic E-state index is 13.5. The molecule has 1 rings (SSSR count). The van der Waals surface area contributed by atoms with Gasteiger partial charge in [0, 0.05) is 5.56 Å². The van der Waals surface area contributed by atoms with Crippen LogP contribution < -0.4 is 0 Å². The summed E-state index contributed by atoms with van der Waals surface area (Å²) in [4.78, 5) is 0. The van der Waals surface area contributed by atoms with Crippen LogP contribution in [0.1, 0.15) is 37.8 Å². The molecule has 0 amide bonds. The maximum Gasteiger partial charge on any atom is 0.416 e. The molecule has 0 spiro atoms. The zero-order valence-electron chi connectivity index (χ0n) is 9.70. The second-order valence-electron chi connectivity index (χ2n) is 4.38.